The van der Waals surface area contributed by atoms with Crippen LogP contribution in [0.15, 0.2) is 77.9 Å². The van der Waals surface area contributed by atoms with Gasteiger partial charge in [0.15, 0.2) is 0 Å². The first-order chi connectivity index (χ1) is 13.2. The average Bonchev–Trinajstić information content (AvgIpc) is 3.19. The Balaban J connectivity index is 1.54. The molecule has 0 atom stereocenters. The van der Waals surface area contributed by atoms with Gasteiger partial charge in [-0.2, -0.15) is 10.2 Å². The molecule has 6 nitrogen and oxygen atoms in total. The largest absolute Gasteiger partial charge is 0.507 e. The second-order valence-corrected chi connectivity index (χ2v) is 5.95. The Labute approximate surface area is 155 Å². The lowest BCUT2D eigenvalue weighted by Gasteiger charge is -2.02. The van der Waals surface area contributed by atoms with Crippen LogP contribution in [0.2, 0.25) is 0 Å². The quantitative estimate of drug-likeness (QED) is 0.385. The number of fused-ring (bicyclic) bond motifs is 1. The van der Waals surface area contributed by atoms with E-state index in [0.29, 0.717) is 17.0 Å². The molecule has 6 heteroatoms. The predicted molar refractivity (Wildman–Crippen MR) is 105 cm³/mol. The van der Waals surface area contributed by atoms with E-state index in [1.54, 1.807) is 30.3 Å². The molecule has 0 saturated heterocycles. The molecule has 1 heterocycles. The maximum atomic E-state index is 12.3. The number of phenols is 1. The van der Waals surface area contributed by atoms with Crippen molar-refractivity contribution >= 4 is 22.9 Å². The fourth-order valence-corrected chi connectivity index (χ4v) is 2.84. The number of rotatable bonds is 4. The van der Waals surface area contributed by atoms with Crippen LogP contribution in [0.5, 0.6) is 5.75 Å². The number of para-hydroxylation sites is 1. The third-order valence-corrected chi connectivity index (χ3v) is 4.19. The highest BCUT2D eigenvalue weighted by Crippen LogP contribution is 2.27. The van der Waals surface area contributed by atoms with Crippen molar-refractivity contribution < 1.29 is 9.90 Å². The number of aromatic amines is 1. The van der Waals surface area contributed by atoms with E-state index in [2.05, 4.69) is 20.7 Å². The second kappa shape index (κ2) is 7.13. The van der Waals surface area contributed by atoms with Crippen LogP contribution in [0.3, 0.4) is 0 Å². The number of carbonyl (C=O) groups is 1. The summed E-state index contributed by atoms with van der Waals surface area (Å²) in [5, 5.41) is 22.7. The van der Waals surface area contributed by atoms with Crippen molar-refractivity contribution in [1.82, 2.24) is 15.6 Å². The number of benzene rings is 3. The lowest BCUT2D eigenvalue weighted by Crippen LogP contribution is -2.18. The summed E-state index contributed by atoms with van der Waals surface area (Å²) >= 11 is 0. The van der Waals surface area contributed by atoms with Crippen LogP contribution in [-0.2, 0) is 0 Å². The average molecular weight is 356 g/mol. The molecule has 0 fully saturated rings. The zero-order chi connectivity index (χ0) is 18.6. The minimum Gasteiger partial charge on any atom is -0.507 e. The molecule has 27 heavy (non-hydrogen) atoms. The lowest BCUT2D eigenvalue weighted by molar-refractivity contribution is 0.0950. The van der Waals surface area contributed by atoms with Gasteiger partial charge in [-0.3, -0.25) is 9.89 Å². The van der Waals surface area contributed by atoms with E-state index in [1.807, 2.05) is 42.5 Å². The number of amides is 1. The van der Waals surface area contributed by atoms with E-state index in [9.17, 15) is 9.90 Å². The van der Waals surface area contributed by atoms with Crippen LogP contribution in [0.4, 0.5) is 0 Å². The van der Waals surface area contributed by atoms with Crippen molar-refractivity contribution in [3.63, 3.8) is 0 Å². The fourth-order valence-electron chi connectivity index (χ4n) is 2.84. The number of hydrogen-bond donors (Lipinski definition) is 3. The first kappa shape index (κ1) is 16.5. The summed E-state index contributed by atoms with van der Waals surface area (Å²) in [6.45, 7) is 0. The van der Waals surface area contributed by atoms with Crippen molar-refractivity contribution in [3.05, 3.63) is 84.1 Å². The van der Waals surface area contributed by atoms with Gasteiger partial charge in [-0.15, -0.1) is 0 Å². The van der Waals surface area contributed by atoms with E-state index in [-0.39, 0.29) is 5.75 Å². The van der Waals surface area contributed by atoms with Gasteiger partial charge in [0.1, 0.15) is 11.4 Å². The number of aromatic nitrogens is 2. The molecule has 3 N–H and O–H groups in total. The van der Waals surface area contributed by atoms with E-state index in [4.69, 9.17) is 0 Å². The van der Waals surface area contributed by atoms with Crippen molar-refractivity contribution in [1.29, 1.82) is 0 Å². The van der Waals surface area contributed by atoms with E-state index in [1.165, 1.54) is 6.21 Å². The molecule has 4 aromatic rings. The monoisotopic (exact) mass is 356 g/mol. The molecule has 132 valence electrons. The van der Waals surface area contributed by atoms with E-state index in [0.717, 1.165) is 16.3 Å². The number of nitrogens with zero attached hydrogens (tertiary/aromatic N) is 2. The maximum absolute atomic E-state index is 12.3. The Morgan fingerprint density at radius 2 is 1.81 bits per heavy atom. The smallest absolute Gasteiger partial charge is 0.289 e. The number of H-pyrrole nitrogens is 1. The Kier molecular flexibility index (Phi) is 4.37. The first-order valence-electron chi connectivity index (χ1n) is 8.37. The number of hydrazone groups is 1. The highest BCUT2D eigenvalue weighted by Gasteiger charge is 2.12. The van der Waals surface area contributed by atoms with Gasteiger partial charge < -0.3 is 5.11 Å². The van der Waals surface area contributed by atoms with Gasteiger partial charge in [0.25, 0.3) is 5.91 Å². The molecule has 3 aromatic carbocycles. The maximum Gasteiger partial charge on any atom is 0.289 e. The van der Waals surface area contributed by atoms with E-state index >= 15 is 0 Å². The van der Waals surface area contributed by atoms with Crippen molar-refractivity contribution in [2.75, 3.05) is 0 Å². The first-order valence-corrected chi connectivity index (χ1v) is 8.37. The van der Waals surface area contributed by atoms with Crippen LogP contribution < -0.4 is 5.43 Å². The van der Waals surface area contributed by atoms with Gasteiger partial charge in [-0.1, -0.05) is 54.6 Å². The van der Waals surface area contributed by atoms with Gasteiger partial charge >= 0.3 is 0 Å². The van der Waals surface area contributed by atoms with Gasteiger partial charge in [-0.25, -0.2) is 5.43 Å². The van der Waals surface area contributed by atoms with Crippen LogP contribution in [0, 0.1) is 0 Å². The van der Waals surface area contributed by atoms with Gasteiger partial charge in [0, 0.05) is 11.1 Å². The minimum atomic E-state index is -0.416. The predicted octanol–water partition coefficient (Wildman–Crippen LogP) is 3.70. The molecule has 0 bridgehead atoms. The Bertz CT molecular complexity index is 1140. The molecule has 0 aliphatic heterocycles. The number of nitrogens with one attached hydrogen (secondary N) is 2. The number of aromatic hydroxyl groups is 1. The van der Waals surface area contributed by atoms with Crippen molar-refractivity contribution in [2.24, 2.45) is 5.10 Å². The molecule has 0 saturated carbocycles. The third-order valence-electron chi connectivity index (χ3n) is 4.19. The highest BCUT2D eigenvalue weighted by atomic mass is 16.3. The number of phenolic OH excluding ortho intramolecular Hbond substituents is 1. The summed E-state index contributed by atoms with van der Waals surface area (Å²) in [5.41, 5.74) is 4.86. The molecule has 0 aliphatic carbocycles. The summed E-state index contributed by atoms with van der Waals surface area (Å²) in [4.78, 5) is 12.3. The second-order valence-electron chi connectivity index (χ2n) is 5.95. The standard InChI is InChI=1S/C21H16N4O2/c26-20-11-4-2-7-15(20)13-22-25-21(27)19-12-18(23-24-19)17-10-5-8-14-6-1-3-9-16(14)17/h1-13,26H,(H,23,24)(H,25,27). The molecule has 0 aliphatic rings. The zero-order valence-electron chi connectivity index (χ0n) is 14.3. The van der Waals surface area contributed by atoms with Crippen molar-refractivity contribution in [2.45, 2.75) is 0 Å². The van der Waals surface area contributed by atoms with Crippen LogP contribution in [0.25, 0.3) is 22.0 Å². The van der Waals surface area contributed by atoms with Gasteiger partial charge in [-0.05, 0) is 29.0 Å². The Morgan fingerprint density at radius 3 is 2.70 bits per heavy atom. The summed E-state index contributed by atoms with van der Waals surface area (Å²) in [7, 11) is 0. The van der Waals surface area contributed by atoms with Gasteiger partial charge in [0.2, 0.25) is 0 Å². The summed E-state index contributed by atoms with van der Waals surface area (Å²) in [6, 6.07) is 22.4. The summed E-state index contributed by atoms with van der Waals surface area (Å²) in [5.74, 6) is -0.323. The minimum absolute atomic E-state index is 0.0929. The zero-order valence-corrected chi connectivity index (χ0v) is 14.3. The lowest BCUT2D eigenvalue weighted by atomic mass is 10.0. The third kappa shape index (κ3) is 3.41. The summed E-state index contributed by atoms with van der Waals surface area (Å²) < 4.78 is 0. The van der Waals surface area contributed by atoms with Crippen LogP contribution in [0.1, 0.15) is 16.1 Å². The topological polar surface area (TPSA) is 90.4 Å². The molecule has 1 aromatic heterocycles. The normalized spacial score (nSPS) is 11.1. The molecule has 0 radical (unpaired) electrons. The molecule has 0 spiro atoms. The van der Waals surface area contributed by atoms with Crippen LogP contribution >= 0.6 is 0 Å². The summed E-state index contributed by atoms with van der Waals surface area (Å²) in [6.07, 6.45) is 1.38. The molecule has 0 unspecified atom stereocenters. The van der Waals surface area contributed by atoms with Crippen LogP contribution in [-0.4, -0.2) is 27.4 Å². The SMILES string of the molecule is O=C(NN=Cc1ccccc1O)c1cc(-c2cccc3ccccc23)n[nH]1. The molecule has 1 amide bonds. The number of carbonyl (C=O) groups excluding carboxylic acids is 1. The fraction of sp³-hybridized carbons (Fsp3) is 0. The Morgan fingerprint density at radius 1 is 1.04 bits per heavy atom. The molecular weight excluding hydrogens is 340 g/mol. The van der Waals surface area contributed by atoms with Gasteiger partial charge in [0.05, 0.1) is 11.9 Å². The number of hydrogen-bond acceptors (Lipinski definition) is 4. The van der Waals surface area contributed by atoms with Crippen molar-refractivity contribution in [3.8, 4) is 17.0 Å². The highest BCUT2D eigenvalue weighted by molar-refractivity contribution is 5.98. The molecular formula is C21H16N4O2. The molecule has 4 rings (SSSR count). The van der Waals surface area contributed by atoms with E-state index < -0.39 is 5.91 Å². The Hall–Kier alpha value is -3.93.